The Kier molecular flexibility index (Phi) is 7.64. The van der Waals surface area contributed by atoms with Crippen LogP contribution in [0.2, 0.25) is 0 Å². The van der Waals surface area contributed by atoms with Gasteiger partial charge in [0.1, 0.15) is 15.1 Å². The zero-order valence-corrected chi connectivity index (χ0v) is 29.8. The summed E-state index contributed by atoms with van der Waals surface area (Å²) in [4.78, 5) is 46.3. The third-order valence-electron chi connectivity index (χ3n) is 7.78. The number of fused-ring (bicyclic) bond motifs is 7. The maximum Gasteiger partial charge on any atom is 0.291 e. The molecule has 0 aromatic carbocycles. The van der Waals surface area contributed by atoms with E-state index in [2.05, 4.69) is 28.5 Å². The van der Waals surface area contributed by atoms with Crippen LogP contribution in [0, 0.1) is 35.8 Å². The molecular formula is C31H18N8O2S6. The molecule has 7 rings (SSSR count). The number of nitriles is 2. The largest absolute Gasteiger partial charge is 0.309 e. The van der Waals surface area contributed by atoms with Gasteiger partial charge >= 0.3 is 0 Å². The molecule has 0 spiro atoms. The number of hydrogen-bond donors (Lipinski definition) is 0. The van der Waals surface area contributed by atoms with Crippen molar-refractivity contribution in [2.45, 2.75) is 33.1 Å². The molecule has 1 aliphatic carbocycles. The summed E-state index contributed by atoms with van der Waals surface area (Å²) in [5.41, 5.74) is 1.22. The Morgan fingerprint density at radius 1 is 0.830 bits per heavy atom. The van der Waals surface area contributed by atoms with E-state index >= 15 is 0 Å². The fraction of sp³-hybridized carbons (Fsp3) is 0.226. The van der Waals surface area contributed by atoms with E-state index in [-0.39, 0.29) is 33.3 Å². The fourth-order valence-electron chi connectivity index (χ4n) is 5.55. The highest BCUT2D eigenvalue weighted by Gasteiger charge is 2.41. The molecule has 4 aromatic heterocycles. The number of nitrogens with zero attached hydrogens (tertiary/aromatic N) is 8. The van der Waals surface area contributed by atoms with Gasteiger partial charge in [0.15, 0.2) is 10.1 Å². The lowest BCUT2D eigenvalue weighted by molar-refractivity contribution is -0.121. The first-order valence-electron chi connectivity index (χ1n) is 13.9. The first-order chi connectivity index (χ1) is 22.6. The van der Waals surface area contributed by atoms with Crippen molar-refractivity contribution >= 4 is 130 Å². The Bertz CT molecular complexity index is 2440. The van der Waals surface area contributed by atoms with Crippen molar-refractivity contribution in [2.24, 2.45) is 9.98 Å². The summed E-state index contributed by atoms with van der Waals surface area (Å²) < 4.78 is 6.97. The van der Waals surface area contributed by atoms with Gasteiger partial charge in [-0.15, -0.1) is 45.3 Å². The van der Waals surface area contributed by atoms with Crippen molar-refractivity contribution in [3.05, 3.63) is 66.5 Å². The summed E-state index contributed by atoms with van der Waals surface area (Å²) in [5, 5.41) is 20.6. The van der Waals surface area contributed by atoms with Crippen LogP contribution in [0.4, 0.5) is 5.00 Å². The van der Waals surface area contributed by atoms with Crippen LogP contribution in [0.5, 0.6) is 0 Å². The van der Waals surface area contributed by atoms with Crippen molar-refractivity contribution in [3.63, 3.8) is 0 Å². The van der Waals surface area contributed by atoms with Gasteiger partial charge in [-0.1, -0.05) is 37.4 Å². The Morgan fingerprint density at radius 2 is 1.38 bits per heavy atom. The van der Waals surface area contributed by atoms with E-state index in [4.69, 9.17) is 18.1 Å². The predicted molar refractivity (Wildman–Crippen MR) is 194 cm³/mol. The number of hydrogen-bond acceptors (Lipinski definition) is 12. The molecule has 0 N–H and O–H groups in total. The van der Waals surface area contributed by atoms with Crippen molar-refractivity contribution in [3.8, 4) is 12.1 Å². The predicted octanol–water partition coefficient (Wildman–Crippen LogP) is 8.87. The van der Waals surface area contributed by atoms with Crippen LogP contribution >= 0.6 is 68.9 Å². The standard InChI is InChI=1S/C31H18N8O2S6/c1-7-38-27(40)25(46-29(38)13(11-32)34-5)36-17-9-15-19(31(17,3)4)21-23(42-15)24-22(45-21)20-16(43-24)10-18(44-20)37-26-28(41)39(8-2)30(47-26)14(12-33)35-6/h9-10H,7-8H2,1-4H3/b29-13+,30-14-,36-25?,37-26?. The van der Waals surface area contributed by atoms with E-state index in [1.54, 1.807) is 47.9 Å². The minimum absolute atomic E-state index is 0.115. The number of thioether (sulfide) groups is 2. The molecule has 3 aliphatic rings. The van der Waals surface area contributed by atoms with Crippen LogP contribution in [-0.2, 0) is 15.0 Å². The number of carbonyl (C=O) groups excluding carboxylic acids is 2. The van der Waals surface area contributed by atoms with Gasteiger partial charge in [-0.05, 0) is 31.6 Å². The maximum absolute atomic E-state index is 13.2. The minimum atomic E-state index is -0.481. The number of carbonyl (C=O) groups is 2. The summed E-state index contributed by atoms with van der Waals surface area (Å²) >= 11 is 8.81. The fourth-order valence-corrected chi connectivity index (χ4v) is 13.7. The normalized spacial score (nSPS) is 21.1. The van der Waals surface area contributed by atoms with E-state index in [0.717, 1.165) is 43.5 Å². The highest BCUT2D eigenvalue weighted by Crippen LogP contribution is 2.57. The van der Waals surface area contributed by atoms with Crippen LogP contribution in [0.1, 0.15) is 38.1 Å². The van der Waals surface area contributed by atoms with Crippen molar-refractivity contribution in [2.75, 3.05) is 13.1 Å². The van der Waals surface area contributed by atoms with Gasteiger partial charge in [0.25, 0.3) is 23.2 Å². The average molecular weight is 727 g/mol. The third kappa shape index (κ3) is 4.60. The van der Waals surface area contributed by atoms with Gasteiger partial charge in [0, 0.05) is 28.1 Å². The third-order valence-corrected chi connectivity index (χ3v) is 15.1. The minimum Gasteiger partial charge on any atom is -0.309 e. The van der Waals surface area contributed by atoms with E-state index in [1.165, 1.54) is 45.5 Å². The van der Waals surface area contributed by atoms with Crippen molar-refractivity contribution < 1.29 is 9.59 Å². The van der Waals surface area contributed by atoms with Gasteiger partial charge < -0.3 is 9.80 Å². The van der Waals surface area contributed by atoms with Crippen molar-refractivity contribution in [1.82, 2.24) is 9.80 Å². The molecule has 10 nitrogen and oxygen atoms in total. The molecular weight excluding hydrogens is 709 g/mol. The van der Waals surface area contributed by atoms with E-state index < -0.39 is 5.41 Å². The van der Waals surface area contributed by atoms with Crippen molar-refractivity contribution in [1.29, 1.82) is 10.5 Å². The summed E-state index contributed by atoms with van der Waals surface area (Å²) in [6.45, 7) is 23.1. The van der Waals surface area contributed by atoms with E-state index in [0.29, 0.717) is 28.1 Å². The zero-order valence-electron chi connectivity index (χ0n) is 24.9. The number of allylic oxidation sites excluding steroid dienone is 3. The molecule has 16 heteroatoms. The highest BCUT2D eigenvalue weighted by atomic mass is 32.2. The lowest BCUT2D eigenvalue weighted by atomic mass is 9.86. The SMILES string of the molecule is [C-]#[N+]/C(C#N)=C1\SC(=Nc2cc3sc4c5sc6c(c5sc4c3s2)C(C)(C)C(N=C2S/C(=C(\C#N)[N+]#[C-])N(CC)C2=O)=C6)C(=O)N1CC. The Morgan fingerprint density at radius 3 is 1.94 bits per heavy atom. The van der Waals surface area contributed by atoms with Crippen LogP contribution in [0.25, 0.3) is 44.0 Å². The maximum atomic E-state index is 13.2. The van der Waals surface area contributed by atoms with Gasteiger partial charge in [-0.2, -0.15) is 0 Å². The molecule has 4 aromatic rings. The van der Waals surface area contributed by atoms with E-state index in [1.807, 2.05) is 24.3 Å². The topological polar surface area (TPSA) is 122 Å². The number of thiophene rings is 4. The summed E-state index contributed by atoms with van der Waals surface area (Å²) in [6.07, 6.45) is 2.05. The summed E-state index contributed by atoms with van der Waals surface area (Å²) in [7, 11) is 0. The molecule has 0 radical (unpaired) electrons. The van der Waals surface area contributed by atoms with Crippen LogP contribution in [0.3, 0.4) is 0 Å². The second-order valence-electron chi connectivity index (χ2n) is 10.7. The van der Waals surface area contributed by atoms with Crippen LogP contribution < -0.4 is 0 Å². The molecule has 230 valence electrons. The van der Waals surface area contributed by atoms with E-state index in [9.17, 15) is 20.1 Å². The first kappa shape index (κ1) is 31.3. The highest BCUT2D eigenvalue weighted by molar-refractivity contribution is 8.20. The molecule has 0 unspecified atom stereocenters. The second kappa shape index (κ2) is 11.5. The summed E-state index contributed by atoms with van der Waals surface area (Å²) in [6, 6.07) is 5.77. The molecule has 0 bridgehead atoms. The zero-order chi connectivity index (χ0) is 33.4. The smallest absolute Gasteiger partial charge is 0.291 e. The second-order valence-corrected chi connectivity index (χ2v) is 16.8. The Labute approximate surface area is 292 Å². The van der Waals surface area contributed by atoms with Crippen LogP contribution in [0.15, 0.2) is 43.2 Å². The van der Waals surface area contributed by atoms with Gasteiger partial charge in [0.05, 0.1) is 54.5 Å². The first-order valence-corrected chi connectivity index (χ1v) is 18.8. The Balaban J connectivity index is 1.25. The summed E-state index contributed by atoms with van der Waals surface area (Å²) in [5.74, 6) is -0.613. The average Bonchev–Trinajstić information content (AvgIpc) is 3.89. The molecule has 0 atom stereocenters. The number of amides is 2. The molecule has 0 saturated carbocycles. The molecule has 2 aliphatic heterocycles. The number of rotatable bonds is 4. The molecule has 2 fully saturated rings. The van der Waals surface area contributed by atoms with Gasteiger partial charge in [-0.25, -0.2) is 30.2 Å². The molecule has 6 heterocycles. The monoisotopic (exact) mass is 726 g/mol. The number of aliphatic imine (C=N–C) groups is 2. The quantitative estimate of drug-likeness (QED) is 0.153. The van der Waals surface area contributed by atoms with Crippen LogP contribution in [-0.4, -0.2) is 44.8 Å². The van der Waals surface area contributed by atoms with Gasteiger partial charge in [-0.3, -0.25) is 9.59 Å². The molecule has 47 heavy (non-hydrogen) atoms. The molecule has 2 amide bonds. The molecule has 2 saturated heterocycles. The Hall–Kier alpha value is -4.26. The lowest BCUT2D eigenvalue weighted by Crippen LogP contribution is -2.27. The van der Waals surface area contributed by atoms with Gasteiger partial charge in [0.2, 0.25) is 0 Å². The lowest BCUT2D eigenvalue weighted by Gasteiger charge is -2.21.